The Morgan fingerprint density at radius 1 is 1.18 bits per heavy atom. The number of carbonyl (C=O) groups excluding carboxylic acids is 1. The van der Waals surface area contributed by atoms with Crippen LogP contribution in [-0.2, 0) is 27.8 Å². The summed E-state index contributed by atoms with van der Waals surface area (Å²) in [6.45, 7) is 2.23. The van der Waals surface area contributed by atoms with E-state index < -0.39 is 10.0 Å². The average molecular weight is 322 g/mol. The Labute approximate surface area is 132 Å². The predicted octanol–water partition coefficient (Wildman–Crippen LogP) is 1.24. The molecule has 1 atom stereocenters. The highest BCUT2D eigenvalue weighted by Gasteiger charge is 2.33. The fraction of sp³-hybridized carbons (Fsp3) is 0.562. The maximum Gasteiger partial charge on any atom is 0.227 e. The molecular weight excluding hydrogens is 300 g/mol. The zero-order valence-corrected chi connectivity index (χ0v) is 13.7. The molecule has 0 radical (unpaired) electrons. The lowest BCUT2D eigenvalue weighted by atomic mass is 9.95. The zero-order chi connectivity index (χ0) is 15.7. The molecule has 6 heteroatoms. The van der Waals surface area contributed by atoms with E-state index in [1.54, 1.807) is 0 Å². The summed E-state index contributed by atoms with van der Waals surface area (Å²) < 4.78 is 24.8. The molecule has 0 saturated carbocycles. The largest absolute Gasteiger partial charge is 0.338 e. The Kier molecular flexibility index (Phi) is 4.23. The van der Waals surface area contributed by atoms with Gasteiger partial charge in [0.15, 0.2) is 0 Å². The monoisotopic (exact) mass is 322 g/mol. The molecule has 22 heavy (non-hydrogen) atoms. The standard InChI is InChI=1S/C16H22N2O3S/c1-22(20,21)18-9-4-7-15(12-18)16(19)17-10-8-13-5-2-3-6-14(13)11-17/h2-3,5-6,15H,4,7-12H2,1H3/t15-/m1/s1. The minimum Gasteiger partial charge on any atom is -0.338 e. The minimum absolute atomic E-state index is 0.0999. The van der Waals surface area contributed by atoms with Crippen LogP contribution >= 0.6 is 0 Å². The third kappa shape index (κ3) is 3.17. The highest BCUT2D eigenvalue weighted by Crippen LogP contribution is 2.24. The van der Waals surface area contributed by atoms with Gasteiger partial charge in [-0.2, -0.15) is 0 Å². The Bertz CT molecular complexity index is 672. The Balaban J connectivity index is 1.70. The van der Waals surface area contributed by atoms with Crippen molar-refractivity contribution in [1.29, 1.82) is 0 Å². The number of fused-ring (bicyclic) bond motifs is 1. The number of amides is 1. The van der Waals surface area contributed by atoms with Gasteiger partial charge in [0.1, 0.15) is 0 Å². The second-order valence-corrected chi connectivity index (χ2v) is 8.22. The fourth-order valence-corrected chi connectivity index (χ4v) is 4.30. The minimum atomic E-state index is -3.21. The fourth-order valence-electron chi connectivity index (χ4n) is 3.39. The van der Waals surface area contributed by atoms with Gasteiger partial charge in [-0.05, 0) is 30.4 Å². The molecule has 0 bridgehead atoms. The van der Waals surface area contributed by atoms with Crippen molar-refractivity contribution in [3.05, 3.63) is 35.4 Å². The highest BCUT2D eigenvalue weighted by atomic mass is 32.2. The van der Waals surface area contributed by atoms with Gasteiger partial charge in [-0.3, -0.25) is 4.79 Å². The second-order valence-electron chi connectivity index (χ2n) is 6.24. The van der Waals surface area contributed by atoms with E-state index in [0.29, 0.717) is 19.6 Å². The van der Waals surface area contributed by atoms with E-state index in [9.17, 15) is 13.2 Å². The Hall–Kier alpha value is -1.40. The molecule has 2 aliphatic heterocycles. The first-order valence-electron chi connectivity index (χ1n) is 7.76. The van der Waals surface area contributed by atoms with Crippen LogP contribution in [0.1, 0.15) is 24.0 Å². The van der Waals surface area contributed by atoms with Crippen molar-refractivity contribution in [2.24, 2.45) is 5.92 Å². The van der Waals surface area contributed by atoms with Crippen molar-refractivity contribution >= 4 is 15.9 Å². The molecule has 1 saturated heterocycles. The number of piperidine rings is 1. The summed E-state index contributed by atoms with van der Waals surface area (Å²) in [6, 6.07) is 8.21. The molecular formula is C16H22N2O3S. The smallest absolute Gasteiger partial charge is 0.227 e. The van der Waals surface area contributed by atoms with Gasteiger partial charge in [0.25, 0.3) is 0 Å². The number of rotatable bonds is 2. The number of hydrogen-bond donors (Lipinski definition) is 0. The summed E-state index contributed by atoms with van der Waals surface area (Å²) in [5.41, 5.74) is 2.52. The summed E-state index contributed by atoms with van der Waals surface area (Å²) in [7, 11) is -3.21. The molecule has 0 aromatic heterocycles. The van der Waals surface area contributed by atoms with Crippen LogP contribution in [0.3, 0.4) is 0 Å². The quantitative estimate of drug-likeness (QED) is 0.823. The molecule has 0 aliphatic carbocycles. The van der Waals surface area contributed by atoms with E-state index in [1.807, 2.05) is 17.0 Å². The van der Waals surface area contributed by atoms with Gasteiger partial charge in [0.05, 0.1) is 12.2 Å². The highest BCUT2D eigenvalue weighted by molar-refractivity contribution is 7.88. The summed E-state index contributed by atoms with van der Waals surface area (Å²) >= 11 is 0. The van der Waals surface area contributed by atoms with E-state index in [1.165, 1.54) is 21.7 Å². The average Bonchev–Trinajstić information content (AvgIpc) is 2.53. The van der Waals surface area contributed by atoms with Crippen molar-refractivity contribution in [3.8, 4) is 0 Å². The zero-order valence-electron chi connectivity index (χ0n) is 12.9. The maximum absolute atomic E-state index is 12.7. The first-order chi connectivity index (χ1) is 10.4. The number of nitrogens with zero attached hydrogens (tertiary/aromatic N) is 2. The molecule has 0 unspecified atom stereocenters. The molecule has 5 nitrogen and oxygen atoms in total. The summed E-state index contributed by atoms with van der Waals surface area (Å²) in [5, 5.41) is 0. The van der Waals surface area contributed by atoms with Crippen LogP contribution in [0, 0.1) is 5.92 Å². The van der Waals surface area contributed by atoms with Gasteiger partial charge >= 0.3 is 0 Å². The molecule has 0 N–H and O–H groups in total. The predicted molar refractivity (Wildman–Crippen MR) is 84.7 cm³/mol. The van der Waals surface area contributed by atoms with E-state index in [4.69, 9.17) is 0 Å². The van der Waals surface area contributed by atoms with Gasteiger partial charge < -0.3 is 4.90 Å². The number of benzene rings is 1. The molecule has 1 amide bonds. The normalized spacial score (nSPS) is 23.1. The van der Waals surface area contributed by atoms with Crippen molar-refractivity contribution in [1.82, 2.24) is 9.21 Å². The molecule has 120 valence electrons. The number of sulfonamides is 1. The topological polar surface area (TPSA) is 57.7 Å². The maximum atomic E-state index is 12.7. The van der Waals surface area contributed by atoms with Gasteiger partial charge in [-0.1, -0.05) is 24.3 Å². The van der Waals surface area contributed by atoms with Gasteiger partial charge in [-0.15, -0.1) is 0 Å². The van der Waals surface area contributed by atoms with Crippen LogP contribution in [-0.4, -0.2) is 49.4 Å². The molecule has 3 rings (SSSR count). The number of hydrogen-bond acceptors (Lipinski definition) is 3. The Morgan fingerprint density at radius 2 is 1.91 bits per heavy atom. The van der Waals surface area contributed by atoms with Crippen LogP contribution in [0.15, 0.2) is 24.3 Å². The first kappa shape index (κ1) is 15.5. The lowest BCUT2D eigenvalue weighted by Crippen LogP contribution is -2.47. The van der Waals surface area contributed by atoms with Crippen molar-refractivity contribution in [3.63, 3.8) is 0 Å². The van der Waals surface area contributed by atoms with E-state index in [0.717, 1.165) is 25.8 Å². The SMILES string of the molecule is CS(=O)(=O)N1CCC[C@@H](C(=O)N2CCc3ccccc3C2)C1. The van der Waals surface area contributed by atoms with Crippen LogP contribution in [0.5, 0.6) is 0 Å². The molecule has 1 aromatic carbocycles. The summed E-state index contributed by atoms with van der Waals surface area (Å²) in [4.78, 5) is 14.6. The van der Waals surface area contributed by atoms with Crippen molar-refractivity contribution in [2.45, 2.75) is 25.8 Å². The molecule has 2 aliphatic rings. The second kappa shape index (κ2) is 6.01. The van der Waals surface area contributed by atoms with E-state index in [2.05, 4.69) is 12.1 Å². The van der Waals surface area contributed by atoms with Crippen LogP contribution in [0.25, 0.3) is 0 Å². The number of carbonyl (C=O) groups is 1. The first-order valence-corrected chi connectivity index (χ1v) is 9.60. The lowest BCUT2D eigenvalue weighted by Gasteiger charge is -2.35. The Morgan fingerprint density at radius 3 is 2.64 bits per heavy atom. The molecule has 2 heterocycles. The van der Waals surface area contributed by atoms with E-state index >= 15 is 0 Å². The van der Waals surface area contributed by atoms with Crippen LogP contribution < -0.4 is 0 Å². The third-order valence-corrected chi connectivity index (χ3v) is 5.91. The van der Waals surface area contributed by atoms with Crippen molar-refractivity contribution in [2.75, 3.05) is 25.9 Å². The molecule has 0 spiro atoms. The van der Waals surface area contributed by atoms with Crippen LogP contribution in [0.4, 0.5) is 0 Å². The third-order valence-electron chi connectivity index (χ3n) is 4.64. The summed E-state index contributed by atoms with van der Waals surface area (Å²) in [6.07, 6.45) is 3.64. The lowest BCUT2D eigenvalue weighted by molar-refractivity contribution is -0.137. The van der Waals surface area contributed by atoms with Crippen molar-refractivity contribution < 1.29 is 13.2 Å². The summed E-state index contributed by atoms with van der Waals surface area (Å²) in [5.74, 6) is -0.100. The van der Waals surface area contributed by atoms with E-state index in [-0.39, 0.29) is 11.8 Å². The van der Waals surface area contributed by atoms with Gasteiger partial charge in [0, 0.05) is 26.2 Å². The molecule has 1 fully saturated rings. The van der Waals surface area contributed by atoms with Crippen LogP contribution in [0.2, 0.25) is 0 Å². The van der Waals surface area contributed by atoms with Gasteiger partial charge in [-0.25, -0.2) is 12.7 Å². The van der Waals surface area contributed by atoms with Gasteiger partial charge in [0.2, 0.25) is 15.9 Å². The molecule has 1 aromatic rings.